The van der Waals surface area contributed by atoms with Crippen molar-refractivity contribution in [3.8, 4) is 0 Å². The quantitative estimate of drug-likeness (QED) is 0.694. The Morgan fingerprint density at radius 3 is 2.52 bits per heavy atom. The smallest absolute Gasteiger partial charge is 0.276 e. The lowest BCUT2D eigenvalue weighted by Crippen LogP contribution is -2.15. The molecule has 0 amide bonds. The van der Waals surface area contributed by atoms with Gasteiger partial charge in [-0.05, 0) is 30.7 Å². The lowest BCUT2D eigenvalue weighted by atomic mass is 10.2. The number of anilines is 1. The van der Waals surface area contributed by atoms with Crippen LogP contribution in [0.15, 0.2) is 47.4 Å². The molecule has 0 atom stereocenters. The maximum atomic E-state index is 13.6. The van der Waals surface area contributed by atoms with E-state index >= 15 is 0 Å². The largest absolute Gasteiger partial charge is 0.289 e. The third-order valence-electron chi connectivity index (χ3n) is 2.72. The molecule has 0 aliphatic carbocycles. The molecule has 2 aromatic carbocycles. The summed E-state index contributed by atoms with van der Waals surface area (Å²) in [5.74, 6) is -0.761. The van der Waals surface area contributed by atoms with Gasteiger partial charge in [0.1, 0.15) is 5.82 Å². The van der Waals surface area contributed by atoms with E-state index in [9.17, 15) is 22.9 Å². The van der Waals surface area contributed by atoms with Gasteiger partial charge in [-0.15, -0.1) is 0 Å². The van der Waals surface area contributed by atoms with Crippen LogP contribution in [0.3, 0.4) is 0 Å². The zero-order valence-electron chi connectivity index (χ0n) is 10.9. The molecule has 0 fully saturated rings. The fourth-order valence-corrected chi connectivity index (χ4v) is 2.98. The van der Waals surface area contributed by atoms with Crippen LogP contribution in [0.2, 0.25) is 0 Å². The molecule has 6 nitrogen and oxygen atoms in total. The highest BCUT2D eigenvalue weighted by Crippen LogP contribution is 2.26. The molecule has 2 aromatic rings. The average molecular weight is 310 g/mol. The van der Waals surface area contributed by atoms with Crippen LogP contribution in [0.1, 0.15) is 5.56 Å². The molecule has 0 aliphatic heterocycles. The Bertz CT molecular complexity index is 806. The Morgan fingerprint density at radius 2 is 1.86 bits per heavy atom. The Labute approximate surface area is 120 Å². The molecule has 110 valence electrons. The van der Waals surface area contributed by atoms with Gasteiger partial charge in [0.25, 0.3) is 15.7 Å². The Balaban J connectivity index is 2.49. The number of hydrogen-bond donors (Lipinski definition) is 1. The minimum Gasteiger partial charge on any atom is -0.276 e. The number of halogens is 1. The van der Waals surface area contributed by atoms with Gasteiger partial charge >= 0.3 is 0 Å². The van der Waals surface area contributed by atoms with Gasteiger partial charge in [-0.3, -0.25) is 14.8 Å². The van der Waals surface area contributed by atoms with Gasteiger partial charge in [0.2, 0.25) is 0 Å². The first-order valence-electron chi connectivity index (χ1n) is 5.83. The summed E-state index contributed by atoms with van der Waals surface area (Å²) in [7, 11) is -4.26. The van der Waals surface area contributed by atoms with Crippen molar-refractivity contribution in [2.45, 2.75) is 11.8 Å². The van der Waals surface area contributed by atoms with Crippen molar-refractivity contribution < 1.29 is 17.7 Å². The second-order valence-electron chi connectivity index (χ2n) is 4.31. The maximum absolute atomic E-state index is 13.6. The molecule has 0 spiro atoms. The molecular weight excluding hydrogens is 299 g/mol. The number of nitro benzene ring substituents is 1. The first kappa shape index (κ1) is 14.9. The standard InChI is InChI=1S/C13H11FN2O4S/c1-9-6-7-10(14)11(8-9)15-21(19,20)13-5-3-2-4-12(13)16(17)18/h2-8,15H,1H3. The monoisotopic (exact) mass is 310 g/mol. The number of hydrogen-bond acceptors (Lipinski definition) is 4. The van der Waals surface area contributed by atoms with Gasteiger partial charge in [0.05, 0.1) is 10.6 Å². The van der Waals surface area contributed by atoms with E-state index in [0.717, 1.165) is 18.2 Å². The van der Waals surface area contributed by atoms with Gasteiger partial charge < -0.3 is 0 Å². The third-order valence-corrected chi connectivity index (χ3v) is 4.13. The highest BCUT2D eigenvalue weighted by atomic mass is 32.2. The van der Waals surface area contributed by atoms with Gasteiger partial charge in [0, 0.05) is 6.07 Å². The Kier molecular flexibility index (Phi) is 3.90. The van der Waals surface area contributed by atoms with E-state index in [0.29, 0.717) is 5.56 Å². The number of aryl methyl sites for hydroxylation is 1. The van der Waals surface area contributed by atoms with Crippen LogP contribution in [0.25, 0.3) is 0 Å². The highest BCUT2D eigenvalue weighted by Gasteiger charge is 2.25. The minimum atomic E-state index is -4.26. The van der Waals surface area contributed by atoms with Crippen molar-refractivity contribution in [2.24, 2.45) is 0 Å². The highest BCUT2D eigenvalue weighted by molar-refractivity contribution is 7.92. The van der Waals surface area contributed by atoms with Gasteiger partial charge in [0.15, 0.2) is 4.90 Å². The number of para-hydroxylation sites is 1. The number of rotatable bonds is 4. The van der Waals surface area contributed by atoms with Crippen molar-refractivity contribution >= 4 is 21.4 Å². The predicted octanol–water partition coefficient (Wildman–Crippen LogP) is 2.84. The number of sulfonamides is 1. The lowest BCUT2D eigenvalue weighted by molar-refractivity contribution is -0.387. The molecule has 1 N–H and O–H groups in total. The molecule has 0 bridgehead atoms. The summed E-state index contributed by atoms with van der Waals surface area (Å²) in [5.41, 5.74) is -0.178. The van der Waals surface area contributed by atoms with Crippen molar-refractivity contribution in [2.75, 3.05) is 4.72 Å². The van der Waals surface area contributed by atoms with Crippen LogP contribution < -0.4 is 4.72 Å². The van der Waals surface area contributed by atoms with Crippen LogP contribution in [0.5, 0.6) is 0 Å². The zero-order chi connectivity index (χ0) is 15.6. The Morgan fingerprint density at radius 1 is 1.19 bits per heavy atom. The van der Waals surface area contributed by atoms with E-state index in [1.54, 1.807) is 6.92 Å². The van der Waals surface area contributed by atoms with E-state index in [2.05, 4.69) is 0 Å². The second-order valence-corrected chi connectivity index (χ2v) is 5.96. The van der Waals surface area contributed by atoms with Gasteiger partial charge in [-0.25, -0.2) is 12.8 Å². The molecule has 0 saturated carbocycles. The van der Waals surface area contributed by atoms with Crippen LogP contribution in [0, 0.1) is 22.9 Å². The van der Waals surface area contributed by atoms with E-state index in [1.165, 1.54) is 24.3 Å². The zero-order valence-corrected chi connectivity index (χ0v) is 11.7. The summed E-state index contributed by atoms with van der Waals surface area (Å²) < 4.78 is 40.1. The summed E-state index contributed by atoms with van der Waals surface area (Å²) in [5, 5.41) is 10.9. The number of benzene rings is 2. The van der Waals surface area contributed by atoms with E-state index in [4.69, 9.17) is 0 Å². The van der Waals surface area contributed by atoms with Gasteiger partial charge in [-0.2, -0.15) is 0 Å². The first-order valence-corrected chi connectivity index (χ1v) is 7.32. The van der Waals surface area contributed by atoms with Crippen LogP contribution in [0.4, 0.5) is 15.8 Å². The van der Waals surface area contributed by atoms with Crippen LogP contribution in [-0.2, 0) is 10.0 Å². The predicted molar refractivity (Wildman–Crippen MR) is 75.0 cm³/mol. The van der Waals surface area contributed by atoms with E-state index in [-0.39, 0.29) is 5.69 Å². The fraction of sp³-hybridized carbons (Fsp3) is 0.0769. The topological polar surface area (TPSA) is 89.3 Å². The van der Waals surface area contributed by atoms with Gasteiger partial charge in [-0.1, -0.05) is 18.2 Å². The molecule has 8 heteroatoms. The summed E-state index contributed by atoms with van der Waals surface area (Å²) in [6.07, 6.45) is 0. The number of nitro groups is 1. The molecule has 0 aromatic heterocycles. The maximum Gasteiger partial charge on any atom is 0.289 e. The van der Waals surface area contributed by atoms with Crippen molar-refractivity contribution in [1.29, 1.82) is 0 Å². The molecule has 0 unspecified atom stereocenters. The van der Waals surface area contributed by atoms with E-state index in [1.807, 2.05) is 4.72 Å². The summed E-state index contributed by atoms with van der Waals surface area (Å²) in [6.45, 7) is 1.67. The number of nitrogens with one attached hydrogen (secondary N) is 1. The second kappa shape index (κ2) is 5.49. The molecule has 0 saturated heterocycles. The summed E-state index contributed by atoms with van der Waals surface area (Å²) >= 11 is 0. The minimum absolute atomic E-state index is 0.256. The number of nitrogens with zero attached hydrogens (tertiary/aromatic N) is 1. The molecule has 0 radical (unpaired) electrons. The lowest BCUT2D eigenvalue weighted by Gasteiger charge is -2.09. The van der Waals surface area contributed by atoms with E-state index < -0.39 is 31.3 Å². The third kappa shape index (κ3) is 3.16. The molecule has 2 rings (SSSR count). The summed E-state index contributed by atoms with van der Waals surface area (Å²) in [6, 6.07) is 8.78. The SMILES string of the molecule is Cc1ccc(F)c(NS(=O)(=O)c2ccccc2[N+](=O)[O-])c1. The molecule has 0 aliphatic rings. The summed E-state index contributed by atoms with van der Waals surface area (Å²) in [4.78, 5) is 9.56. The molecule has 0 heterocycles. The van der Waals surface area contributed by atoms with Crippen molar-refractivity contribution in [3.05, 3.63) is 64.0 Å². The average Bonchev–Trinajstić information content (AvgIpc) is 2.42. The van der Waals surface area contributed by atoms with Crippen LogP contribution >= 0.6 is 0 Å². The van der Waals surface area contributed by atoms with Crippen molar-refractivity contribution in [1.82, 2.24) is 0 Å². The Hall–Kier alpha value is -2.48. The molecule has 21 heavy (non-hydrogen) atoms. The van der Waals surface area contributed by atoms with Crippen molar-refractivity contribution in [3.63, 3.8) is 0 Å². The normalized spacial score (nSPS) is 11.1. The fourth-order valence-electron chi connectivity index (χ4n) is 1.75. The first-order chi connectivity index (χ1) is 9.81. The molecular formula is C13H11FN2O4S. The van der Waals surface area contributed by atoms with Crippen LogP contribution in [-0.4, -0.2) is 13.3 Å².